The molecule has 11 rings (SSSR count). The third kappa shape index (κ3) is 4.82. The molecule has 0 saturated carbocycles. The van der Waals surface area contributed by atoms with Gasteiger partial charge in [0.15, 0.2) is 0 Å². The number of fused-ring (bicyclic) bond motifs is 7. The lowest BCUT2D eigenvalue weighted by molar-refractivity contribution is 0.670. The molecular weight excluding hydrogens is 667 g/mol. The summed E-state index contributed by atoms with van der Waals surface area (Å²) in [5.74, 6) is 0. The molecule has 0 spiro atoms. The second kappa shape index (κ2) is 12.5. The SMILES string of the molecule is c1ccc(N(c2ccc(C3(c4ccccc4)c4ccccc4-c4ccccc43)cc2)c2ccc3cc(-c4cccc5c4oc4ccccc45)ccc3c2)cc1. The number of benzene rings is 9. The molecule has 10 aromatic rings. The Morgan fingerprint density at radius 3 is 1.67 bits per heavy atom. The molecule has 0 radical (unpaired) electrons. The van der Waals surface area contributed by atoms with Gasteiger partial charge in [0.2, 0.25) is 0 Å². The molecule has 0 fully saturated rings. The topological polar surface area (TPSA) is 16.4 Å². The molecule has 2 nitrogen and oxygen atoms in total. The molecule has 1 aromatic heterocycles. The first kappa shape index (κ1) is 31.4. The fraction of sp³-hybridized carbons (Fsp3) is 0.0189. The fourth-order valence-electron chi connectivity index (χ4n) is 9.11. The van der Waals surface area contributed by atoms with Gasteiger partial charge in [-0.05, 0) is 98.2 Å². The minimum absolute atomic E-state index is 0.433. The van der Waals surface area contributed by atoms with Crippen molar-refractivity contribution in [1.82, 2.24) is 0 Å². The maximum Gasteiger partial charge on any atom is 0.143 e. The monoisotopic (exact) mass is 701 g/mol. The highest BCUT2D eigenvalue weighted by atomic mass is 16.3. The molecule has 0 aliphatic heterocycles. The third-order valence-corrected chi connectivity index (χ3v) is 11.5. The lowest BCUT2D eigenvalue weighted by Crippen LogP contribution is -2.28. The van der Waals surface area contributed by atoms with Crippen LogP contribution in [-0.4, -0.2) is 0 Å². The number of anilines is 3. The van der Waals surface area contributed by atoms with Crippen LogP contribution in [0.3, 0.4) is 0 Å². The van der Waals surface area contributed by atoms with E-state index < -0.39 is 5.41 Å². The number of furan rings is 1. The molecule has 0 N–H and O–H groups in total. The van der Waals surface area contributed by atoms with E-state index in [0.717, 1.165) is 50.1 Å². The average Bonchev–Trinajstić information content (AvgIpc) is 3.79. The Labute approximate surface area is 320 Å². The number of hydrogen-bond acceptors (Lipinski definition) is 2. The minimum Gasteiger partial charge on any atom is -0.455 e. The second-order valence-corrected chi connectivity index (χ2v) is 14.5. The molecule has 0 bridgehead atoms. The maximum atomic E-state index is 6.40. The molecule has 258 valence electrons. The largest absolute Gasteiger partial charge is 0.455 e. The van der Waals surface area contributed by atoms with Crippen molar-refractivity contribution in [3.05, 3.63) is 235 Å². The van der Waals surface area contributed by atoms with E-state index >= 15 is 0 Å². The third-order valence-electron chi connectivity index (χ3n) is 11.5. The Bertz CT molecular complexity index is 2990. The number of hydrogen-bond donors (Lipinski definition) is 0. The Balaban J connectivity index is 1.02. The highest BCUT2D eigenvalue weighted by molar-refractivity contribution is 6.10. The van der Waals surface area contributed by atoms with E-state index in [1.54, 1.807) is 0 Å². The van der Waals surface area contributed by atoms with Gasteiger partial charge < -0.3 is 9.32 Å². The predicted molar refractivity (Wildman–Crippen MR) is 229 cm³/mol. The molecule has 0 amide bonds. The molecule has 0 atom stereocenters. The predicted octanol–water partition coefficient (Wildman–Crippen LogP) is 14.2. The Morgan fingerprint density at radius 1 is 0.364 bits per heavy atom. The lowest BCUT2D eigenvalue weighted by atomic mass is 9.68. The first-order chi connectivity index (χ1) is 27.3. The van der Waals surface area contributed by atoms with Crippen molar-refractivity contribution < 1.29 is 4.42 Å². The molecule has 2 heteroatoms. The molecule has 9 aromatic carbocycles. The Kier molecular flexibility index (Phi) is 7.11. The van der Waals surface area contributed by atoms with Gasteiger partial charge in [0, 0.05) is 33.4 Å². The van der Waals surface area contributed by atoms with Crippen LogP contribution in [0.5, 0.6) is 0 Å². The molecule has 0 unspecified atom stereocenters. The van der Waals surface area contributed by atoms with Crippen LogP contribution in [0.4, 0.5) is 17.1 Å². The molecule has 1 heterocycles. The molecule has 0 saturated heterocycles. The average molecular weight is 702 g/mol. The lowest BCUT2D eigenvalue weighted by Gasteiger charge is -2.34. The van der Waals surface area contributed by atoms with E-state index in [0.29, 0.717) is 0 Å². The van der Waals surface area contributed by atoms with Gasteiger partial charge in [0.25, 0.3) is 0 Å². The van der Waals surface area contributed by atoms with Crippen LogP contribution in [0.2, 0.25) is 0 Å². The van der Waals surface area contributed by atoms with Crippen molar-refractivity contribution in [3.8, 4) is 22.3 Å². The minimum atomic E-state index is -0.433. The standard InChI is InChI=1S/C53H35NO/c1-3-14-39(15-4-1)53(49-23-10-7-18-45(49)46-19-8-11-24-50(46)53)40-29-32-42(33-30-40)54(41-16-5-2-6-17-41)43-31-28-36-34-38(27-26-37(36)35-43)44-21-13-22-48-47-20-9-12-25-51(47)55-52(44)48/h1-35H. The van der Waals surface area contributed by atoms with Crippen LogP contribution in [0.15, 0.2) is 217 Å². The van der Waals surface area contributed by atoms with Gasteiger partial charge in [0.05, 0.1) is 5.41 Å². The van der Waals surface area contributed by atoms with E-state index in [9.17, 15) is 0 Å². The first-order valence-corrected chi connectivity index (χ1v) is 18.9. The number of rotatable bonds is 6. The number of para-hydroxylation sites is 3. The highest BCUT2D eigenvalue weighted by Gasteiger charge is 2.45. The second-order valence-electron chi connectivity index (χ2n) is 14.5. The van der Waals surface area contributed by atoms with Crippen LogP contribution in [-0.2, 0) is 5.41 Å². The van der Waals surface area contributed by atoms with Gasteiger partial charge in [0.1, 0.15) is 11.2 Å². The van der Waals surface area contributed by atoms with E-state index in [-0.39, 0.29) is 0 Å². The van der Waals surface area contributed by atoms with Gasteiger partial charge in [-0.25, -0.2) is 0 Å². The zero-order valence-electron chi connectivity index (χ0n) is 30.1. The van der Waals surface area contributed by atoms with Gasteiger partial charge in [-0.3, -0.25) is 0 Å². The van der Waals surface area contributed by atoms with Crippen molar-refractivity contribution in [2.24, 2.45) is 0 Å². The van der Waals surface area contributed by atoms with Crippen LogP contribution >= 0.6 is 0 Å². The van der Waals surface area contributed by atoms with Crippen LogP contribution in [0, 0.1) is 0 Å². The van der Waals surface area contributed by atoms with Gasteiger partial charge in [-0.1, -0.05) is 164 Å². The van der Waals surface area contributed by atoms with Crippen LogP contribution < -0.4 is 4.90 Å². The summed E-state index contributed by atoms with van der Waals surface area (Å²) in [6.45, 7) is 0. The summed E-state index contributed by atoms with van der Waals surface area (Å²) in [5, 5.41) is 4.65. The van der Waals surface area contributed by atoms with E-state index in [4.69, 9.17) is 4.42 Å². The smallest absolute Gasteiger partial charge is 0.143 e. The highest BCUT2D eigenvalue weighted by Crippen LogP contribution is 2.56. The van der Waals surface area contributed by atoms with E-state index in [2.05, 4.69) is 205 Å². The summed E-state index contributed by atoms with van der Waals surface area (Å²) in [7, 11) is 0. The quantitative estimate of drug-likeness (QED) is 0.172. The van der Waals surface area contributed by atoms with Crippen LogP contribution in [0.1, 0.15) is 22.3 Å². The molecular formula is C53H35NO. The summed E-state index contributed by atoms with van der Waals surface area (Å²) < 4.78 is 6.40. The maximum absolute atomic E-state index is 6.40. The fourth-order valence-corrected chi connectivity index (χ4v) is 9.11. The summed E-state index contributed by atoms with van der Waals surface area (Å²) in [5.41, 5.74) is 14.7. The molecule has 1 aliphatic rings. The molecule has 1 aliphatic carbocycles. The number of nitrogens with zero attached hydrogens (tertiary/aromatic N) is 1. The van der Waals surface area contributed by atoms with Crippen molar-refractivity contribution >= 4 is 49.8 Å². The normalized spacial score (nSPS) is 12.9. The van der Waals surface area contributed by atoms with Gasteiger partial charge in [-0.15, -0.1) is 0 Å². The Morgan fingerprint density at radius 2 is 0.909 bits per heavy atom. The van der Waals surface area contributed by atoms with Gasteiger partial charge >= 0.3 is 0 Å². The van der Waals surface area contributed by atoms with E-state index in [1.165, 1.54) is 44.2 Å². The van der Waals surface area contributed by atoms with Gasteiger partial charge in [-0.2, -0.15) is 0 Å². The summed E-state index contributed by atoms with van der Waals surface area (Å²) >= 11 is 0. The van der Waals surface area contributed by atoms with E-state index in [1.807, 2.05) is 12.1 Å². The van der Waals surface area contributed by atoms with Crippen molar-refractivity contribution in [3.63, 3.8) is 0 Å². The summed E-state index contributed by atoms with van der Waals surface area (Å²) in [6.07, 6.45) is 0. The summed E-state index contributed by atoms with van der Waals surface area (Å²) in [4.78, 5) is 2.36. The zero-order chi connectivity index (χ0) is 36.3. The van der Waals surface area contributed by atoms with Crippen molar-refractivity contribution in [2.75, 3.05) is 4.90 Å². The van der Waals surface area contributed by atoms with Crippen molar-refractivity contribution in [1.29, 1.82) is 0 Å². The van der Waals surface area contributed by atoms with Crippen LogP contribution in [0.25, 0.3) is 55.0 Å². The zero-order valence-corrected chi connectivity index (χ0v) is 30.1. The Hall–Kier alpha value is -7.16. The summed E-state index contributed by atoms with van der Waals surface area (Å²) in [6, 6.07) is 77.0. The van der Waals surface area contributed by atoms with Crippen molar-refractivity contribution in [2.45, 2.75) is 5.41 Å². The first-order valence-electron chi connectivity index (χ1n) is 18.9. The molecule has 55 heavy (non-hydrogen) atoms.